The third-order valence-electron chi connectivity index (χ3n) is 4.08. The molecule has 4 heteroatoms. The molecule has 3 rings (SSSR count). The van der Waals surface area contributed by atoms with Crippen molar-refractivity contribution in [1.82, 2.24) is 9.88 Å². The molecule has 4 nitrogen and oxygen atoms in total. The first-order valence-corrected chi connectivity index (χ1v) is 7.86. The minimum absolute atomic E-state index is 0.0652. The van der Waals surface area contributed by atoms with Crippen LogP contribution >= 0.6 is 0 Å². The first kappa shape index (κ1) is 16.1. The van der Waals surface area contributed by atoms with Gasteiger partial charge in [0.15, 0.2) is 6.10 Å². The van der Waals surface area contributed by atoms with Gasteiger partial charge in [0.2, 0.25) is 0 Å². The van der Waals surface area contributed by atoms with Crippen LogP contribution in [0.4, 0.5) is 0 Å². The number of nitrogens with zero attached hydrogens (tertiary/aromatic N) is 2. The van der Waals surface area contributed by atoms with Gasteiger partial charge in [0, 0.05) is 32.3 Å². The van der Waals surface area contributed by atoms with Gasteiger partial charge in [-0.15, -0.1) is 0 Å². The lowest BCUT2D eigenvalue weighted by Crippen LogP contribution is -2.32. The number of likely N-dealkylation sites (N-methyl/N-ethyl adjacent to an activating group) is 1. The van der Waals surface area contributed by atoms with Crippen LogP contribution in [-0.2, 0) is 16.1 Å². The Morgan fingerprint density at radius 3 is 2.62 bits per heavy atom. The molecule has 0 aliphatic carbocycles. The second kappa shape index (κ2) is 7.23. The highest BCUT2D eigenvalue weighted by molar-refractivity contribution is 5.84. The number of ether oxygens (including phenoxy) is 1. The lowest BCUT2D eigenvalue weighted by molar-refractivity contribution is -0.141. The highest BCUT2D eigenvalue weighted by Crippen LogP contribution is 2.22. The standard InChI is InChI=1S/C20H20N2O2/c1-22(20(23)19(24-2)15-8-4-3-5-9-15)14-16-10-6-12-18-17(16)11-7-13-21-18/h3-13,19H,14H2,1-2H3/t19-/m0/s1. The highest BCUT2D eigenvalue weighted by Gasteiger charge is 2.23. The molecule has 0 unspecified atom stereocenters. The van der Waals surface area contributed by atoms with Crippen LogP contribution in [0, 0.1) is 0 Å². The van der Waals surface area contributed by atoms with Crippen molar-refractivity contribution in [2.24, 2.45) is 0 Å². The van der Waals surface area contributed by atoms with Crippen molar-refractivity contribution in [3.63, 3.8) is 0 Å². The van der Waals surface area contributed by atoms with Crippen LogP contribution in [0.3, 0.4) is 0 Å². The van der Waals surface area contributed by atoms with Gasteiger partial charge in [-0.05, 0) is 23.3 Å². The van der Waals surface area contributed by atoms with E-state index in [2.05, 4.69) is 4.98 Å². The number of pyridine rings is 1. The molecule has 122 valence electrons. The average Bonchev–Trinajstić information content (AvgIpc) is 2.63. The van der Waals surface area contributed by atoms with Crippen molar-refractivity contribution in [1.29, 1.82) is 0 Å². The molecular weight excluding hydrogens is 300 g/mol. The van der Waals surface area contributed by atoms with Crippen LogP contribution in [0.15, 0.2) is 66.9 Å². The summed E-state index contributed by atoms with van der Waals surface area (Å²) in [7, 11) is 3.36. The van der Waals surface area contributed by atoms with E-state index in [1.165, 1.54) is 0 Å². The number of aromatic nitrogens is 1. The van der Waals surface area contributed by atoms with Crippen LogP contribution in [0.5, 0.6) is 0 Å². The Hall–Kier alpha value is -2.72. The quantitative estimate of drug-likeness (QED) is 0.721. The summed E-state index contributed by atoms with van der Waals surface area (Å²) in [6, 6.07) is 19.5. The molecular formula is C20H20N2O2. The molecule has 1 amide bonds. The van der Waals surface area contributed by atoms with Gasteiger partial charge in [0.05, 0.1) is 5.52 Å². The van der Waals surface area contributed by atoms with Gasteiger partial charge in [-0.25, -0.2) is 0 Å². The SMILES string of the molecule is CO[C@H](C(=O)N(C)Cc1cccc2ncccc12)c1ccccc1. The largest absolute Gasteiger partial charge is 0.367 e. The summed E-state index contributed by atoms with van der Waals surface area (Å²) in [5.41, 5.74) is 2.86. The van der Waals surface area contributed by atoms with E-state index in [4.69, 9.17) is 4.74 Å². The zero-order valence-electron chi connectivity index (χ0n) is 13.8. The van der Waals surface area contributed by atoms with Crippen molar-refractivity contribution in [2.45, 2.75) is 12.6 Å². The fraction of sp³-hybridized carbons (Fsp3) is 0.200. The molecule has 0 fully saturated rings. The van der Waals surface area contributed by atoms with Crippen molar-refractivity contribution in [3.05, 3.63) is 78.0 Å². The van der Waals surface area contributed by atoms with Gasteiger partial charge in [-0.3, -0.25) is 9.78 Å². The van der Waals surface area contributed by atoms with Gasteiger partial charge in [-0.2, -0.15) is 0 Å². The number of benzene rings is 2. The summed E-state index contributed by atoms with van der Waals surface area (Å²) in [6.07, 6.45) is 1.18. The normalized spacial score (nSPS) is 12.1. The molecule has 1 heterocycles. The van der Waals surface area contributed by atoms with Crippen molar-refractivity contribution in [2.75, 3.05) is 14.2 Å². The van der Waals surface area contributed by atoms with Gasteiger partial charge in [0.1, 0.15) is 0 Å². The second-order valence-corrected chi connectivity index (χ2v) is 5.71. The molecule has 0 spiro atoms. The Labute approximate surface area is 141 Å². The Kier molecular flexibility index (Phi) is 4.87. The number of fused-ring (bicyclic) bond motifs is 1. The number of methoxy groups -OCH3 is 1. The van der Waals surface area contributed by atoms with E-state index in [1.807, 2.05) is 60.7 Å². The maximum absolute atomic E-state index is 12.8. The minimum Gasteiger partial charge on any atom is -0.367 e. The summed E-state index contributed by atoms with van der Waals surface area (Å²) in [5, 5.41) is 1.06. The van der Waals surface area contributed by atoms with Gasteiger partial charge in [0.25, 0.3) is 5.91 Å². The number of hydrogen-bond donors (Lipinski definition) is 0. The minimum atomic E-state index is -0.593. The molecule has 0 saturated carbocycles. The number of rotatable bonds is 5. The zero-order chi connectivity index (χ0) is 16.9. The Bertz CT molecular complexity index is 828. The van der Waals surface area contributed by atoms with Gasteiger partial charge in [-0.1, -0.05) is 48.5 Å². The lowest BCUT2D eigenvalue weighted by atomic mass is 10.1. The average molecular weight is 320 g/mol. The second-order valence-electron chi connectivity index (χ2n) is 5.71. The third kappa shape index (κ3) is 3.29. The van der Waals surface area contributed by atoms with Gasteiger partial charge >= 0.3 is 0 Å². The molecule has 0 aliphatic rings. The Morgan fingerprint density at radius 2 is 1.88 bits per heavy atom. The summed E-state index contributed by atoms with van der Waals surface area (Å²) in [4.78, 5) is 18.9. The predicted octanol–water partition coefficient (Wildman–Crippen LogP) is 3.58. The van der Waals surface area contributed by atoms with Crippen LogP contribution in [0.2, 0.25) is 0 Å². The van der Waals surface area contributed by atoms with Gasteiger partial charge < -0.3 is 9.64 Å². The van der Waals surface area contributed by atoms with Crippen LogP contribution in [0.25, 0.3) is 10.9 Å². The first-order valence-electron chi connectivity index (χ1n) is 7.86. The van der Waals surface area contributed by atoms with E-state index < -0.39 is 6.10 Å². The molecule has 2 aromatic carbocycles. The van der Waals surface area contributed by atoms with Crippen LogP contribution in [-0.4, -0.2) is 29.9 Å². The van der Waals surface area contributed by atoms with Crippen molar-refractivity contribution < 1.29 is 9.53 Å². The monoisotopic (exact) mass is 320 g/mol. The summed E-state index contributed by atoms with van der Waals surface area (Å²) in [6.45, 7) is 0.508. The number of hydrogen-bond acceptors (Lipinski definition) is 3. The number of carbonyl (C=O) groups is 1. The molecule has 1 aromatic heterocycles. The van der Waals surface area contributed by atoms with E-state index in [9.17, 15) is 4.79 Å². The Morgan fingerprint density at radius 1 is 1.08 bits per heavy atom. The lowest BCUT2D eigenvalue weighted by Gasteiger charge is -2.23. The van der Waals surface area contributed by atoms with Crippen LogP contribution in [0.1, 0.15) is 17.2 Å². The number of amides is 1. The van der Waals surface area contributed by atoms with E-state index in [0.29, 0.717) is 6.54 Å². The van der Waals surface area contributed by atoms with Crippen LogP contribution < -0.4 is 0 Å². The fourth-order valence-corrected chi connectivity index (χ4v) is 2.85. The topological polar surface area (TPSA) is 42.4 Å². The fourth-order valence-electron chi connectivity index (χ4n) is 2.85. The maximum Gasteiger partial charge on any atom is 0.256 e. The maximum atomic E-state index is 12.8. The first-order chi connectivity index (χ1) is 11.7. The summed E-state index contributed by atoms with van der Waals surface area (Å²) < 4.78 is 5.44. The zero-order valence-corrected chi connectivity index (χ0v) is 13.8. The molecule has 1 atom stereocenters. The van der Waals surface area contributed by atoms with E-state index in [-0.39, 0.29) is 5.91 Å². The molecule has 3 aromatic rings. The summed E-state index contributed by atoms with van der Waals surface area (Å²) in [5.74, 6) is -0.0652. The molecule has 24 heavy (non-hydrogen) atoms. The molecule has 0 aliphatic heterocycles. The van der Waals surface area contributed by atoms with E-state index in [0.717, 1.165) is 22.0 Å². The van der Waals surface area contributed by atoms with E-state index in [1.54, 1.807) is 25.3 Å². The van der Waals surface area contributed by atoms with Crippen molar-refractivity contribution >= 4 is 16.8 Å². The number of carbonyl (C=O) groups excluding carboxylic acids is 1. The van der Waals surface area contributed by atoms with Crippen molar-refractivity contribution in [3.8, 4) is 0 Å². The third-order valence-corrected chi connectivity index (χ3v) is 4.08. The highest BCUT2D eigenvalue weighted by atomic mass is 16.5. The predicted molar refractivity (Wildman–Crippen MR) is 94.4 cm³/mol. The van der Waals surface area contributed by atoms with E-state index >= 15 is 0 Å². The molecule has 0 bridgehead atoms. The molecule has 0 N–H and O–H groups in total. The Balaban J connectivity index is 1.83. The molecule has 0 radical (unpaired) electrons. The molecule has 0 saturated heterocycles. The summed E-state index contributed by atoms with van der Waals surface area (Å²) >= 11 is 0. The smallest absolute Gasteiger partial charge is 0.256 e.